The second-order valence-corrected chi connectivity index (χ2v) is 9.38. The van der Waals surface area contributed by atoms with Crippen LogP contribution in [0.3, 0.4) is 0 Å². The molecule has 7 nitrogen and oxygen atoms in total. The van der Waals surface area contributed by atoms with Crippen LogP contribution >= 0.6 is 0 Å². The number of aromatic nitrogens is 2. The van der Waals surface area contributed by atoms with Crippen molar-refractivity contribution in [3.05, 3.63) is 90.4 Å². The Morgan fingerprint density at radius 3 is 2.60 bits per heavy atom. The summed E-state index contributed by atoms with van der Waals surface area (Å²) in [5, 5.41) is 7.06. The van der Waals surface area contributed by atoms with Gasteiger partial charge in [-0.3, -0.25) is 9.88 Å². The third-order valence-corrected chi connectivity index (χ3v) is 6.91. The highest BCUT2D eigenvalue weighted by Crippen LogP contribution is 2.29. The molecular formula is C28H29N5O2. The van der Waals surface area contributed by atoms with E-state index in [1.807, 2.05) is 36.4 Å². The molecular weight excluding hydrogens is 438 g/mol. The van der Waals surface area contributed by atoms with E-state index < -0.39 is 0 Å². The summed E-state index contributed by atoms with van der Waals surface area (Å²) in [7, 11) is 0. The highest BCUT2D eigenvalue weighted by atomic mass is 16.5. The number of fused-ring (bicyclic) bond motifs is 3. The van der Waals surface area contributed by atoms with Crippen molar-refractivity contribution in [1.29, 1.82) is 0 Å². The van der Waals surface area contributed by atoms with E-state index in [9.17, 15) is 4.79 Å². The predicted octanol–water partition coefficient (Wildman–Crippen LogP) is 4.36. The average Bonchev–Trinajstić information content (AvgIpc) is 3.26. The molecule has 7 heteroatoms. The van der Waals surface area contributed by atoms with Crippen LogP contribution in [-0.4, -0.2) is 52.3 Å². The number of ether oxygens (including phenoxy) is 1. The molecule has 0 spiro atoms. The van der Waals surface area contributed by atoms with E-state index in [1.54, 1.807) is 12.4 Å². The van der Waals surface area contributed by atoms with Gasteiger partial charge >= 0.3 is 6.03 Å². The minimum Gasteiger partial charge on any atom is -0.372 e. The maximum atomic E-state index is 12.3. The van der Waals surface area contributed by atoms with Crippen LogP contribution in [-0.2, 0) is 17.7 Å². The van der Waals surface area contributed by atoms with Gasteiger partial charge in [0.15, 0.2) is 0 Å². The molecule has 2 atom stereocenters. The van der Waals surface area contributed by atoms with Gasteiger partial charge in [0.25, 0.3) is 0 Å². The standard InChI is InChI=1S/C28H29N5O2/c34-28(30-16-20-4-3-12-29-15-20)31-22-7-9-23(10-8-22)33-17-21(26-5-1-2-6-27(26)33)11-13-32-18-24-14-25(19-32)35-24/h1-10,12,15,17,24-25H,11,13-14,16,18-19H2,(H2,30,31,34). The quantitative estimate of drug-likeness (QED) is 0.424. The number of benzene rings is 2. The van der Waals surface area contributed by atoms with Gasteiger partial charge in [0, 0.05) is 68.0 Å². The number of nitrogens with one attached hydrogen (secondary N) is 2. The lowest BCUT2D eigenvalue weighted by molar-refractivity contribution is -0.180. The highest BCUT2D eigenvalue weighted by molar-refractivity contribution is 5.89. The van der Waals surface area contributed by atoms with Crippen LogP contribution in [0.1, 0.15) is 17.5 Å². The number of amides is 2. The molecule has 2 unspecified atom stereocenters. The van der Waals surface area contributed by atoms with Crippen LogP contribution in [0.25, 0.3) is 16.6 Å². The Morgan fingerprint density at radius 2 is 1.83 bits per heavy atom. The summed E-state index contributed by atoms with van der Waals surface area (Å²) < 4.78 is 8.02. The molecule has 3 saturated heterocycles. The molecule has 3 aliphatic heterocycles. The Morgan fingerprint density at radius 1 is 1.03 bits per heavy atom. The summed E-state index contributed by atoms with van der Waals surface area (Å²) in [5.41, 5.74) is 5.33. The molecule has 4 aromatic rings. The van der Waals surface area contributed by atoms with Gasteiger partial charge in [0.05, 0.1) is 17.7 Å². The number of hydrogen-bond acceptors (Lipinski definition) is 4. The molecule has 2 aromatic carbocycles. The maximum Gasteiger partial charge on any atom is 0.319 e. The van der Waals surface area contributed by atoms with Crippen LogP contribution in [0.2, 0.25) is 0 Å². The zero-order valence-corrected chi connectivity index (χ0v) is 19.6. The number of hydrogen-bond donors (Lipinski definition) is 2. The third-order valence-electron chi connectivity index (χ3n) is 6.91. The maximum absolute atomic E-state index is 12.3. The van der Waals surface area contributed by atoms with Crippen molar-refractivity contribution in [2.45, 2.75) is 31.6 Å². The van der Waals surface area contributed by atoms with Crippen molar-refractivity contribution in [2.75, 3.05) is 25.0 Å². The molecule has 178 valence electrons. The van der Waals surface area contributed by atoms with E-state index in [0.29, 0.717) is 18.8 Å². The summed E-state index contributed by atoms with van der Waals surface area (Å²) in [4.78, 5) is 18.9. The van der Waals surface area contributed by atoms with E-state index in [2.05, 4.69) is 55.5 Å². The van der Waals surface area contributed by atoms with Gasteiger partial charge in [0.2, 0.25) is 0 Å². The molecule has 3 aliphatic rings. The molecule has 2 bridgehead atoms. The van der Waals surface area contributed by atoms with Crippen molar-refractivity contribution in [2.24, 2.45) is 0 Å². The second kappa shape index (κ2) is 9.52. The monoisotopic (exact) mass is 467 g/mol. The minimum atomic E-state index is -0.240. The van der Waals surface area contributed by atoms with Gasteiger partial charge in [-0.2, -0.15) is 0 Å². The number of pyridine rings is 1. The van der Waals surface area contributed by atoms with Crippen LogP contribution in [0.15, 0.2) is 79.3 Å². The number of carbonyl (C=O) groups excluding carboxylic acids is 1. The van der Waals surface area contributed by atoms with Crippen molar-refractivity contribution in [1.82, 2.24) is 19.8 Å². The molecule has 0 saturated carbocycles. The van der Waals surface area contributed by atoms with Gasteiger partial charge < -0.3 is 19.9 Å². The zero-order valence-electron chi connectivity index (χ0n) is 19.6. The number of carbonyl (C=O) groups is 1. The van der Waals surface area contributed by atoms with E-state index >= 15 is 0 Å². The Hall–Kier alpha value is -3.68. The number of piperidine rings is 1. The fourth-order valence-electron chi connectivity index (χ4n) is 5.13. The second-order valence-electron chi connectivity index (χ2n) is 9.38. The van der Waals surface area contributed by atoms with E-state index in [4.69, 9.17) is 4.74 Å². The van der Waals surface area contributed by atoms with Gasteiger partial charge in [-0.15, -0.1) is 0 Å². The van der Waals surface area contributed by atoms with E-state index in [-0.39, 0.29) is 6.03 Å². The zero-order chi connectivity index (χ0) is 23.6. The average molecular weight is 468 g/mol. The molecule has 35 heavy (non-hydrogen) atoms. The number of rotatable bonds is 7. The normalized spacial score (nSPS) is 19.3. The van der Waals surface area contributed by atoms with Gasteiger partial charge in [-0.25, -0.2) is 4.79 Å². The van der Waals surface area contributed by atoms with Crippen LogP contribution in [0.5, 0.6) is 0 Å². The summed E-state index contributed by atoms with van der Waals surface area (Å²) in [6.45, 7) is 3.60. The molecule has 0 aliphatic carbocycles. The largest absolute Gasteiger partial charge is 0.372 e. The molecule has 2 amide bonds. The SMILES string of the molecule is O=C(NCc1cccnc1)Nc1ccc(-n2cc(CCN3CC4CC(C3)O4)c3ccccc32)cc1. The lowest BCUT2D eigenvalue weighted by Crippen LogP contribution is -2.57. The minimum absolute atomic E-state index is 0.240. The fraction of sp³-hybridized carbons (Fsp3) is 0.286. The van der Waals surface area contributed by atoms with Gasteiger partial charge in [-0.1, -0.05) is 24.3 Å². The van der Waals surface area contributed by atoms with Crippen molar-refractivity contribution < 1.29 is 9.53 Å². The summed E-state index contributed by atoms with van der Waals surface area (Å²) in [6, 6.07) is 20.1. The first kappa shape index (κ1) is 21.8. The lowest BCUT2D eigenvalue weighted by Gasteiger charge is -2.47. The Balaban J connectivity index is 1.13. The highest BCUT2D eigenvalue weighted by Gasteiger charge is 2.37. The lowest BCUT2D eigenvalue weighted by atomic mass is 9.98. The van der Waals surface area contributed by atoms with E-state index in [0.717, 1.165) is 43.0 Å². The molecule has 7 rings (SSSR count). The summed E-state index contributed by atoms with van der Waals surface area (Å²) in [6.07, 6.45) is 8.85. The first-order valence-electron chi connectivity index (χ1n) is 12.2. The predicted molar refractivity (Wildman–Crippen MR) is 137 cm³/mol. The van der Waals surface area contributed by atoms with Crippen LogP contribution < -0.4 is 10.6 Å². The fourth-order valence-corrected chi connectivity index (χ4v) is 5.13. The van der Waals surface area contributed by atoms with Crippen molar-refractivity contribution in [3.63, 3.8) is 0 Å². The van der Waals surface area contributed by atoms with Crippen LogP contribution in [0.4, 0.5) is 10.5 Å². The van der Waals surface area contributed by atoms with E-state index in [1.165, 1.54) is 22.9 Å². The number of para-hydroxylation sites is 1. The Kier molecular flexibility index (Phi) is 5.94. The summed E-state index contributed by atoms with van der Waals surface area (Å²) >= 11 is 0. The summed E-state index contributed by atoms with van der Waals surface area (Å²) in [5.74, 6) is 0. The molecule has 2 N–H and O–H groups in total. The molecule has 3 fully saturated rings. The van der Waals surface area contributed by atoms with Crippen molar-refractivity contribution >= 4 is 22.6 Å². The topological polar surface area (TPSA) is 71.4 Å². The molecule has 0 radical (unpaired) electrons. The van der Waals surface area contributed by atoms with Crippen molar-refractivity contribution in [3.8, 4) is 5.69 Å². The first-order chi connectivity index (χ1) is 17.2. The smallest absolute Gasteiger partial charge is 0.319 e. The Bertz CT molecular complexity index is 1300. The number of morpholine rings is 1. The third kappa shape index (κ3) is 4.78. The number of anilines is 1. The van der Waals surface area contributed by atoms with Gasteiger partial charge in [0.1, 0.15) is 0 Å². The Labute approximate surface area is 204 Å². The first-order valence-corrected chi connectivity index (χ1v) is 12.2. The number of nitrogens with zero attached hydrogens (tertiary/aromatic N) is 3. The van der Waals surface area contributed by atoms with Gasteiger partial charge in [-0.05, 0) is 53.9 Å². The molecule has 2 aromatic heterocycles. The van der Waals surface area contributed by atoms with Crippen LogP contribution in [0, 0.1) is 0 Å². The molecule has 5 heterocycles. The number of urea groups is 1.